The van der Waals surface area contributed by atoms with Gasteiger partial charge in [0, 0.05) is 17.0 Å². The molecule has 2 unspecified atom stereocenters. The normalized spacial score (nSPS) is 34.1. The summed E-state index contributed by atoms with van der Waals surface area (Å²) in [5.74, 6) is -10.0. The molecule has 1 aromatic rings. The summed E-state index contributed by atoms with van der Waals surface area (Å²) >= 11 is 0. The number of primary amides is 1. The molecule has 9 nitrogen and oxygen atoms in total. The molecule has 32 heavy (non-hydrogen) atoms. The van der Waals surface area contributed by atoms with Gasteiger partial charge < -0.3 is 10.8 Å². The molecule has 0 bridgehead atoms. The number of aliphatic hydroxyl groups is 1. The molecule has 3 aliphatic carbocycles. The first-order valence-corrected chi connectivity index (χ1v) is 10.4. The fraction of sp³-hybridized carbons (Fsp3) is 0.478. The third-order valence-corrected chi connectivity index (χ3v) is 7.23. The van der Waals surface area contributed by atoms with Crippen molar-refractivity contribution in [3.8, 4) is 0 Å². The Morgan fingerprint density at radius 1 is 1.12 bits per heavy atom. The van der Waals surface area contributed by atoms with Crippen LogP contribution in [-0.2, 0) is 25.6 Å². The molecule has 3 N–H and O–H groups in total. The van der Waals surface area contributed by atoms with E-state index in [0.717, 1.165) is 0 Å². The van der Waals surface area contributed by atoms with Gasteiger partial charge in [-0.1, -0.05) is 18.2 Å². The van der Waals surface area contributed by atoms with Crippen molar-refractivity contribution in [2.24, 2.45) is 29.4 Å². The Hall–Kier alpha value is -3.04. The number of likely N-dealkylation sites (N-methyl/N-ethyl adjacent to an activating group) is 1. The molecule has 0 radical (unpaired) electrons. The summed E-state index contributed by atoms with van der Waals surface area (Å²) in [7, 11) is 3.09. The number of amides is 1. The number of benzene rings is 1. The van der Waals surface area contributed by atoms with E-state index in [1.165, 1.54) is 17.9 Å². The first kappa shape index (κ1) is 22.2. The van der Waals surface area contributed by atoms with E-state index in [-0.39, 0.29) is 24.2 Å². The molecule has 0 heterocycles. The van der Waals surface area contributed by atoms with Crippen LogP contribution in [-0.4, -0.2) is 70.6 Å². The largest absolute Gasteiger partial charge is 0.374 e. The Morgan fingerprint density at radius 2 is 1.78 bits per heavy atom. The summed E-state index contributed by atoms with van der Waals surface area (Å²) in [6, 6.07) is 3.57. The summed E-state index contributed by atoms with van der Waals surface area (Å²) in [6.45, 7) is 1.39. The summed E-state index contributed by atoms with van der Waals surface area (Å²) in [6.07, 6.45) is 0.248. The van der Waals surface area contributed by atoms with Crippen LogP contribution in [0.2, 0.25) is 0 Å². The third-order valence-electron chi connectivity index (χ3n) is 7.23. The average molecular weight is 440 g/mol. The average Bonchev–Trinajstić information content (AvgIpc) is 2.70. The van der Waals surface area contributed by atoms with Gasteiger partial charge in [0.1, 0.15) is 0 Å². The van der Waals surface area contributed by atoms with Gasteiger partial charge >= 0.3 is 0 Å². The van der Waals surface area contributed by atoms with E-state index in [1.807, 2.05) is 0 Å². The Kier molecular flexibility index (Phi) is 5.02. The van der Waals surface area contributed by atoms with Crippen molar-refractivity contribution in [3.05, 3.63) is 34.9 Å². The molecule has 168 valence electrons. The minimum absolute atomic E-state index is 0.0239. The predicted octanol–water partition coefficient (Wildman–Crippen LogP) is -0.636. The highest BCUT2D eigenvalue weighted by Crippen LogP contribution is 2.50. The van der Waals surface area contributed by atoms with Gasteiger partial charge in [0.25, 0.3) is 0 Å². The number of carbonyl (C=O) groups is 6. The number of Topliss-reactive ketones (excluding diaryl/α,β-unsaturated/α-hetero) is 5. The number of hydrogen-bond acceptors (Lipinski definition) is 8. The minimum Gasteiger partial charge on any atom is -0.374 e. The second-order valence-corrected chi connectivity index (χ2v) is 9.18. The van der Waals surface area contributed by atoms with Gasteiger partial charge in [-0.3, -0.25) is 33.7 Å². The molecule has 4 rings (SSSR count). The monoisotopic (exact) mass is 440 g/mol. The maximum absolute atomic E-state index is 13.6. The number of fused-ring (bicyclic) bond motifs is 3. The van der Waals surface area contributed by atoms with Crippen LogP contribution in [0, 0.1) is 23.7 Å². The zero-order valence-corrected chi connectivity index (χ0v) is 18.0. The molecule has 1 aromatic carbocycles. The van der Waals surface area contributed by atoms with E-state index in [4.69, 9.17) is 5.73 Å². The first-order chi connectivity index (χ1) is 14.9. The van der Waals surface area contributed by atoms with Gasteiger partial charge in [-0.15, -0.1) is 0 Å². The van der Waals surface area contributed by atoms with Gasteiger partial charge in [0.05, 0.1) is 12.0 Å². The molecule has 0 aliphatic heterocycles. The van der Waals surface area contributed by atoms with Crippen molar-refractivity contribution in [3.63, 3.8) is 0 Å². The number of nitrogens with zero attached hydrogens (tertiary/aromatic N) is 1. The SMILES string of the molecule is CC(=O)c1cccc2c1C[C@H]1C[C@H]3[C@@H](N(C)C)C(=O)C(C(N)=O)C(=O)[C@@]3(O)C(=O)C1C2=O. The van der Waals surface area contributed by atoms with Crippen LogP contribution in [0.5, 0.6) is 0 Å². The van der Waals surface area contributed by atoms with Crippen molar-refractivity contribution in [1.82, 2.24) is 4.90 Å². The second kappa shape index (κ2) is 7.25. The second-order valence-electron chi connectivity index (χ2n) is 9.18. The lowest BCUT2D eigenvalue weighted by Gasteiger charge is -2.52. The van der Waals surface area contributed by atoms with Crippen LogP contribution >= 0.6 is 0 Å². The molecule has 0 saturated heterocycles. The lowest BCUT2D eigenvalue weighted by atomic mass is 9.52. The van der Waals surface area contributed by atoms with E-state index in [9.17, 15) is 33.9 Å². The van der Waals surface area contributed by atoms with Gasteiger partial charge in [0.2, 0.25) is 5.91 Å². The van der Waals surface area contributed by atoms with Crippen LogP contribution in [0.25, 0.3) is 0 Å². The lowest BCUT2D eigenvalue weighted by molar-refractivity contribution is -0.181. The Morgan fingerprint density at radius 3 is 2.34 bits per heavy atom. The summed E-state index contributed by atoms with van der Waals surface area (Å²) in [4.78, 5) is 78.5. The van der Waals surface area contributed by atoms with Crippen LogP contribution < -0.4 is 5.73 Å². The number of ketones is 5. The van der Waals surface area contributed by atoms with Crippen molar-refractivity contribution in [1.29, 1.82) is 0 Å². The van der Waals surface area contributed by atoms with Gasteiger partial charge in [-0.25, -0.2) is 0 Å². The van der Waals surface area contributed by atoms with Gasteiger partial charge in [-0.05, 0) is 45.3 Å². The highest BCUT2D eigenvalue weighted by molar-refractivity contribution is 6.32. The van der Waals surface area contributed by atoms with E-state index < -0.39 is 64.4 Å². The Labute approximate surface area is 183 Å². The van der Waals surface area contributed by atoms with Crippen LogP contribution in [0.1, 0.15) is 39.6 Å². The maximum Gasteiger partial charge on any atom is 0.235 e. The standard InChI is InChI=1S/C23H24N2O7/c1-9(26)11-5-4-6-12-13(11)7-10-8-14-17(25(2)3)19(28)16(22(24)31)21(30)23(14,32)20(29)15(10)18(12)27/h4-6,10,14-17,32H,7-8H2,1-3H3,(H2,24,31)/t10-,14-,15?,16?,17+,23-/m0/s1. The number of nitrogens with two attached hydrogens (primary N) is 1. The summed E-state index contributed by atoms with van der Waals surface area (Å²) < 4.78 is 0. The first-order valence-electron chi connectivity index (χ1n) is 10.4. The fourth-order valence-corrected chi connectivity index (χ4v) is 5.86. The van der Waals surface area contributed by atoms with E-state index >= 15 is 0 Å². The molecule has 2 fully saturated rings. The number of hydrogen-bond donors (Lipinski definition) is 2. The van der Waals surface area contributed by atoms with Crippen molar-refractivity contribution < 1.29 is 33.9 Å². The maximum atomic E-state index is 13.6. The highest BCUT2D eigenvalue weighted by atomic mass is 16.3. The summed E-state index contributed by atoms with van der Waals surface area (Å²) in [5, 5.41) is 11.4. The van der Waals surface area contributed by atoms with E-state index in [0.29, 0.717) is 11.1 Å². The molecule has 1 amide bonds. The molecule has 0 aromatic heterocycles. The summed E-state index contributed by atoms with van der Waals surface area (Å²) in [5.41, 5.74) is 3.75. The zero-order chi connectivity index (χ0) is 23.7. The van der Waals surface area contributed by atoms with Crippen LogP contribution in [0.4, 0.5) is 0 Å². The minimum atomic E-state index is -2.67. The molecule has 3 aliphatic rings. The Balaban J connectivity index is 1.87. The molecule has 6 atom stereocenters. The molecule has 9 heteroatoms. The number of carbonyl (C=O) groups excluding carboxylic acids is 6. The third kappa shape index (κ3) is 2.77. The quantitative estimate of drug-likeness (QED) is 0.465. The Bertz CT molecular complexity index is 1110. The molecule has 0 spiro atoms. The smallest absolute Gasteiger partial charge is 0.235 e. The van der Waals surface area contributed by atoms with E-state index in [1.54, 1.807) is 26.2 Å². The highest BCUT2D eigenvalue weighted by Gasteiger charge is 2.69. The van der Waals surface area contributed by atoms with Crippen molar-refractivity contribution in [2.75, 3.05) is 14.1 Å². The van der Waals surface area contributed by atoms with E-state index in [2.05, 4.69) is 0 Å². The molecular formula is C23H24N2O7. The van der Waals surface area contributed by atoms with Gasteiger partial charge in [0.15, 0.2) is 40.4 Å². The zero-order valence-electron chi connectivity index (χ0n) is 18.0. The van der Waals surface area contributed by atoms with Crippen molar-refractivity contribution in [2.45, 2.75) is 31.4 Å². The lowest BCUT2D eigenvalue weighted by Crippen LogP contribution is -2.74. The molecular weight excluding hydrogens is 416 g/mol. The fourth-order valence-electron chi connectivity index (χ4n) is 5.86. The topological polar surface area (TPSA) is 152 Å². The van der Waals surface area contributed by atoms with Gasteiger partial charge in [-0.2, -0.15) is 0 Å². The number of rotatable bonds is 3. The predicted molar refractivity (Wildman–Crippen MR) is 110 cm³/mol. The van der Waals surface area contributed by atoms with Crippen LogP contribution in [0.3, 0.4) is 0 Å². The van der Waals surface area contributed by atoms with Crippen LogP contribution in [0.15, 0.2) is 18.2 Å². The molecule has 2 saturated carbocycles. The van der Waals surface area contributed by atoms with Crippen molar-refractivity contribution >= 4 is 34.8 Å².